The average molecular weight is 487 g/mol. The van der Waals surface area contributed by atoms with Crippen LogP contribution in [0.4, 0.5) is 0 Å². The van der Waals surface area contributed by atoms with Gasteiger partial charge in [-0.2, -0.15) is 0 Å². The molecule has 0 aromatic carbocycles. The van der Waals surface area contributed by atoms with E-state index in [1.54, 1.807) is 6.08 Å². The van der Waals surface area contributed by atoms with E-state index in [9.17, 15) is 14.4 Å². The van der Waals surface area contributed by atoms with Crippen molar-refractivity contribution in [2.45, 2.75) is 91.1 Å². The van der Waals surface area contributed by atoms with Crippen LogP contribution in [0.3, 0.4) is 0 Å². The monoisotopic (exact) mass is 486 g/mol. The number of hydrogen-bond acceptors (Lipinski definition) is 6. The number of thioether (sulfide) groups is 1. The molecule has 0 spiro atoms. The van der Waals surface area contributed by atoms with Crippen LogP contribution in [0.2, 0.25) is 0 Å². The summed E-state index contributed by atoms with van der Waals surface area (Å²) in [6, 6.07) is 0. The highest BCUT2D eigenvalue weighted by atomic mass is 32.2. The van der Waals surface area contributed by atoms with E-state index < -0.39 is 10.8 Å². The molecule has 6 heteroatoms. The summed E-state index contributed by atoms with van der Waals surface area (Å²) >= 11 is 1.82. The lowest BCUT2D eigenvalue weighted by Crippen LogP contribution is -2.67. The SMILES string of the molecule is CC(=O)O[C@@H]1CC2C(C)(C)C(=O)CC[C@]2(C)C2CC[C@]3(C)C(=CC(=O)O[C@H]3C3C=CCS3)[C@@]21C. The third-order valence-corrected chi connectivity index (χ3v) is 11.7. The minimum Gasteiger partial charge on any atom is -0.462 e. The Balaban J connectivity index is 1.65. The number of ketones is 1. The van der Waals surface area contributed by atoms with E-state index in [2.05, 4.69) is 46.8 Å². The van der Waals surface area contributed by atoms with E-state index in [0.29, 0.717) is 18.6 Å². The molecule has 5 rings (SSSR count). The van der Waals surface area contributed by atoms with Gasteiger partial charge in [0.2, 0.25) is 0 Å². The zero-order valence-corrected chi connectivity index (χ0v) is 22.1. The van der Waals surface area contributed by atoms with Gasteiger partial charge in [0.05, 0.1) is 5.25 Å². The zero-order valence-electron chi connectivity index (χ0n) is 21.3. The molecule has 3 fully saturated rings. The molecule has 0 aromatic heterocycles. The van der Waals surface area contributed by atoms with Crippen LogP contribution in [-0.4, -0.2) is 40.9 Å². The molecule has 8 atom stereocenters. The maximum atomic E-state index is 13.0. The molecule has 2 aliphatic heterocycles. The molecule has 186 valence electrons. The summed E-state index contributed by atoms with van der Waals surface area (Å²) in [5.74, 6) is 1.01. The van der Waals surface area contributed by atoms with Gasteiger partial charge in [-0.05, 0) is 48.5 Å². The first-order valence-electron chi connectivity index (χ1n) is 12.8. The van der Waals surface area contributed by atoms with Gasteiger partial charge in [-0.25, -0.2) is 4.79 Å². The zero-order chi connectivity index (χ0) is 24.7. The van der Waals surface area contributed by atoms with Crippen LogP contribution in [0.1, 0.15) is 73.6 Å². The number of rotatable bonds is 2. The lowest BCUT2D eigenvalue weighted by molar-refractivity contribution is -0.210. The summed E-state index contributed by atoms with van der Waals surface area (Å²) in [4.78, 5) is 38.4. The van der Waals surface area contributed by atoms with Gasteiger partial charge in [0.1, 0.15) is 18.0 Å². The van der Waals surface area contributed by atoms with E-state index in [1.165, 1.54) is 6.92 Å². The second kappa shape index (κ2) is 7.72. The van der Waals surface area contributed by atoms with Gasteiger partial charge in [0, 0.05) is 41.4 Å². The predicted octanol–water partition coefficient (Wildman–Crippen LogP) is 5.28. The average Bonchev–Trinajstić information content (AvgIpc) is 3.28. The Kier molecular flexibility index (Phi) is 5.48. The summed E-state index contributed by atoms with van der Waals surface area (Å²) < 4.78 is 12.1. The number of ether oxygens (including phenoxy) is 2. The maximum absolute atomic E-state index is 13.0. The third-order valence-electron chi connectivity index (χ3n) is 10.5. The predicted molar refractivity (Wildman–Crippen MR) is 132 cm³/mol. The maximum Gasteiger partial charge on any atom is 0.331 e. The second-order valence-electron chi connectivity index (χ2n) is 12.5. The number of hydrogen-bond donors (Lipinski definition) is 0. The molecule has 3 aliphatic carbocycles. The number of cyclic esters (lactones) is 1. The van der Waals surface area contributed by atoms with Crippen LogP contribution in [-0.2, 0) is 23.9 Å². The Morgan fingerprint density at radius 1 is 1.12 bits per heavy atom. The quantitative estimate of drug-likeness (QED) is 0.391. The van der Waals surface area contributed by atoms with Crippen LogP contribution in [0.15, 0.2) is 23.8 Å². The molecule has 5 aliphatic rings. The standard InChI is InChI=1S/C28H38O5S/c1-16(29)32-22-14-19-25(2,3)21(30)10-12-26(19,4)18-9-11-27(5)20(28(18,22)6)15-23(31)33-24(27)17-8-7-13-34-17/h7-8,15,17-19,22,24H,9-14H2,1-6H3/t17?,18?,19?,22-,24+,26-,27-,28-/m1/s1. The highest BCUT2D eigenvalue weighted by molar-refractivity contribution is 8.00. The summed E-state index contributed by atoms with van der Waals surface area (Å²) in [5.41, 5.74) is -0.220. The molecule has 0 N–H and O–H groups in total. The third kappa shape index (κ3) is 3.16. The fourth-order valence-corrected chi connectivity index (χ4v) is 10.1. The largest absolute Gasteiger partial charge is 0.462 e. The van der Waals surface area contributed by atoms with Crippen LogP contribution in [0.5, 0.6) is 0 Å². The highest BCUT2D eigenvalue weighted by Crippen LogP contribution is 2.71. The molecule has 0 saturated heterocycles. The van der Waals surface area contributed by atoms with E-state index >= 15 is 0 Å². The number of fused-ring (bicyclic) bond motifs is 5. The van der Waals surface area contributed by atoms with Crippen molar-refractivity contribution in [3.05, 3.63) is 23.8 Å². The minimum atomic E-state index is -0.481. The van der Waals surface area contributed by atoms with E-state index in [0.717, 1.165) is 30.6 Å². The lowest BCUT2D eigenvalue weighted by Gasteiger charge is -2.68. The minimum absolute atomic E-state index is 0.0656. The van der Waals surface area contributed by atoms with E-state index in [1.807, 2.05) is 11.8 Å². The van der Waals surface area contributed by atoms with Gasteiger partial charge in [0.15, 0.2) is 0 Å². The van der Waals surface area contributed by atoms with Crippen molar-refractivity contribution in [3.8, 4) is 0 Å². The molecular weight excluding hydrogens is 448 g/mol. The van der Waals surface area contributed by atoms with Gasteiger partial charge >= 0.3 is 11.9 Å². The fraction of sp³-hybridized carbons (Fsp3) is 0.750. The molecule has 2 heterocycles. The summed E-state index contributed by atoms with van der Waals surface area (Å²) in [6.45, 7) is 12.5. The smallest absolute Gasteiger partial charge is 0.331 e. The topological polar surface area (TPSA) is 69.7 Å². The Morgan fingerprint density at radius 2 is 1.85 bits per heavy atom. The first-order valence-corrected chi connectivity index (χ1v) is 13.8. The fourth-order valence-electron chi connectivity index (χ4n) is 8.86. The van der Waals surface area contributed by atoms with E-state index in [4.69, 9.17) is 9.47 Å². The Morgan fingerprint density at radius 3 is 2.50 bits per heavy atom. The summed E-state index contributed by atoms with van der Waals surface area (Å²) in [6.07, 6.45) is 9.45. The van der Waals surface area contributed by atoms with Gasteiger partial charge in [-0.15, -0.1) is 11.8 Å². The van der Waals surface area contributed by atoms with Gasteiger partial charge in [-0.1, -0.05) is 46.8 Å². The van der Waals surface area contributed by atoms with Crippen molar-refractivity contribution < 1.29 is 23.9 Å². The van der Waals surface area contributed by atoms with Crippen LogP contribution in [0.25, 0.3) is 0 Å². The summed E-state index contributed by atoms with van der Waals surface area (Å²) in [5, 5.41) is 0.142. The normalized spacial score (nSPS) is 47.1. The summed E-state index contributed by atoms with van der Waals surface area (Å²) in [7, 11) is 0. The van der Waals surface area contributed by atoms with Gasteiger partial charge in [-0.3, -0.25) is 9.59 Å². The molecule has 0 bridgehead atoms. The molecule has 3 saturated carbocycles. The second-order valence-corrected chi connectivity index (χ2v) is 13.7. The van der Waals surface area contributed by atoms with Crippen molar-refractivity contribution in [1.82, 2.24) is 0 Å². The first-order chi connectivity index (χ1) is 15.8. The molecule has 0 radical (unpaired) electrons. The number of Topliss-reactive ketones (excluding diaryl/α,β-unsaturated/α-hetero) is 1. The molecule has 3 unspecified atom stereocenters. The molecule has 0 aromatic rings. The Hall–Kier alpha value is -1.56. The van der Waals surface area contributed by atoms with Crippen molar-refractivity contribution in [3.63, 3.8) is 0 Å². The van der Waals surface area contributed by atoms with Crippen LogP contribution < -0.4 is 0 Å². The first kappa shape index (κ1) is 24.1. The molecule has 5 nitrogen and oxygen atoms in total. The van der Waals surface area contributed by atoms with Crippen molar-refractivity contribution >= 4 is 29.5 Å². The molecule has 34 heavy (non-hydrogen) atoms. The lowest BCUT2D eigenvalue weighted by atomic mass is 9.37. The molecular formula is C28H38O5S. The Bertz CT molecular complexity index is 997. The van der Waals surface area contributed by atoms with Gasteiger partial charge in [0.25, 0.3) is 0 Å². The van der Waals surface area contributed by atoms with Crippen molar-refractivity contribution in [1.29, 1.82) is 0 Å². The Labute approximate surface area is 207 Å². The van der Waals surface area contributed by atoms with Crippen molar-refractivity contribution in [2.24, 2.45) is 33.5 Å². The van der Waals surface area contributed by atoms with Crippen LogP contribution in [0, 0.1) is 33.5 Å². The number of esters is 2. The highest BCUT2D eigenvalue weighted by Gasteiger charge is 2.69. The van der Waals surface area contributed by atoms with Crippen molar-refractivity contribution in [2.75, 3.05) is 5.75 Å². The van der Waals surface area contributed by atoms with E-state index in [-0.39, 0.29) is 52.1 Å². The number of carbonyl (C=O) groups excluding carboxylic acids is 3. The van der Waals surface area contributed by atoms with Crippen LogP contribution >= 0.6 is 11.8 Å². The van der Waals surface area contributed by atoms with Gasteiger partial charge < -0.3 is 9.47 Å². The number of carbonyl (C=O) groups is 3. The molecule has 0 amide bonds.